The predicted octanol–water partition coefficient (Wildman–Crippen LogP) is 4.55. The first-order valence-electron chi connectivity index (χ1n) is 10.7. The van der Waals surface area contributed by atoms with Gasteiger partial charge in [0.05, 0.1) is 40.6 Å². The summed E-state index contributed by atoms with van der Waals surface area (Å²) < 4.78 is 27.7. The molecule has 0 aliphatic heterocycles. The molecule has 2 N–H and O–H groups in total. The molecule has 0 aliphatic carbocycles. The van der Waals surface area contributed by atoms with Crippen LogP contribution in [0.25, 0.3) is 0 Å². The summed E-state index contributed by atoms with van der Waals surface area (Å²) in [4.78, 5) is 4.34. The number of halogens is 1. The summed E-state index contributed by atoms with van der Waals surface area (Å²) in [6.07, 6.45) is 0. The van der Waals surface area contributed by atoms with Crippen LogP contribution in [0.2, 0.25) is 0 Å². The highest BCUT2D eigenvalue weighted by atomic mass is 127. The molecule has 0 saturated carbocycles. The van der Waals surface area contributed by atoms with Crippen molar-refractivity contribution in [2.75, 3.05) is 41.6 Å². The molecule has 0 amide bonds. The van der Waals surface area contributed by atoms with E-state index in [0.29, 0.717) is 43.0 Å². The van der Waals surface area contributed by atoms with Crippen LogP contribution in [0.5, 0.6) is 28.7 Å². The van der Waals surface area contributed by atoms with Gasteiger partial charge in [-0.3, -0.25) is 4.99 Å². The summed E-state index contributed by atoms with van der Waals surface area (Å²) in [6, 6.07) is 9.78. The molecule has 8 nitrogen and oxygen atoms in total. The molecule has 2 aromatic rings. The third-order valence-corrected chi connectivity index (χ3v) is 4.83. The minimum atomic E-state index is -0.00368. The van der Waals surface area contributed by atoms with Crippen LogP contribution < -0.4 is 34.3 Å². The number of ether oxygens (including phenoxy) is 5. The van der Waals surface area contributed by atoms with Crippen LogP contribution in [0, 0.1) is 0 Å². The molecule has 9 heteroatoms. The predicted molar refractivity (Wildman–Crippen MR) is 142 cm³/mol. The maximum Gasteiger partial charge on any atom is 0.203 e. The average molecular weight is 573 g/mol. The van der Waals surface area contributed by atoms with Gasteiger partial charge < -0.3 is 34.3 Å². The molecule has 0 aromatic heterocycles. The van der Waals surface area contributed by atoms with E-state index < -0.39 is 0 Å². The first-order chi connectivity index (χ1) is 15.5. The molecule has 0 heterocycles. The summed E-state index contributed by atoms with van der Waals surface area (Å²) in [5.41, 5.74) is 2.03. The molecule has 0 spiro atoms. The van der Waals surface area contributed by atoms with Crippen LogP contribution >= 0.6 is 24.0 Å². The highest BCUT2D eigenvalue weighted by Crippen LogP contribution is 2.38. The molecule has 0 aliphatic rings. The molecule has 33 heavy (non-hydrogen) atoms. The molecular weight excluding hydrogens is 537 g/mol. The van der Waals surface area contributed by atoms with Crippen molar-refractivity contribution < 1.29 is 23.7 Å². The molecular formula is C24H36IN3O5. The smallest absolute Gasteiger partial charge is 0.203 e. The van der Waals surface area contributed by atoms with Crippen LogP contribution in [-0.4, -0.2) is 47.6 Å². The Balaban J connectivity index is 0.00000544. The zero-order valence-electron chi connectivity index (χ0n) is 20.5. The Bertz CT molecular complexity index is 883. The summed E-state index contributed by atoms with van der Waals surface area (Å²) in [7, 11) is 6.53. The number of hydrogen-bond donors (Lipinski definition) is 2. The van der Waals surface area contributed by atoms with Crippen molar-refractivity contribution in [3.05, 3.63) is 41.5 Å². The van der Waals surface area contributed by atoms with Gasteiger partial charge in [-0.1, -0.05) is 6.07 Å². The van der Waals surface area contributed by atoms with Crippen molar-refractivity contribution in [3.8, 4) is 28.7 Å². The number of rotatable bonds is 11. The SMILES string of the molecule is CCOc1ccc(C(C)NC(=NC)NCc2cc(OC)c(OC)c(OC)c2)cc1OCC.I. The second-order valence-electron chi connectivity index (χ2n) is 6.90. The summed E-state index contributed by atoms with van der Waals surface area (Å²) in [5, 5.41) is 6.74. The second-order valence-corrected chi connectivity index (χ2v) is 6.90. The lowest BCUT2D eigenvalue weighted by Gasteiger charge is -2.20. The van der Waals surface area contributed by atoms with Crippen LogP contribution in [-0.2, 0) is 6.54 Å². The number of nitrogens with zero attached hydrogens (tertiary/aromatic N) is 1. The molecule has 2 aromatic carbocycles. The molecule has 0 fully saturated rings. The van der Waals surface area contributed by atoms with Crippen molar-refractivity contribution in [2.24, 2.45) is 4.99 Å². The Labute approximate surface area is 214 Å². The maximum atomic E-state index is 5.75. The lowest BCUT2D eigenvalue weighted by Crippen LogP contribution is -2.38. The van der Waals surface area contributed by atoms with Gasteiger partial charge in [-0.15, -0.1) is 24.0 Å². The van der Waals surface area contributed by atoms with Crippen molar-refractivity contribution >= 4 is 29.9 Å². The molecule has 184 valence electrons. The van der Waals surface area contributed by atoms with E-state index in [4.69, 9.17) is 23.7 Å². The fourth-order valence-corrected chi connectivity index (χ4v) is 3.24. The van der Waals surface area contributed by atoms with Crippen molar-refractivity contribution in [3.63, 3.8) is 0 Å². The molecule has 1 unspecified atom stereocenters. The lowest BCUT2D eigenvalue weighted by atomic mass is 10.1. The van der Waals surface area contributed by atoms with E-state index in [1.54, 1.807) is 28.4 Å². The quantitative estimate of drug-likeness (QED) is 0.232. The Morgan fingerprint density at radius 2 is 1.48 bits per heavy atom. The highest BCUT2D eigenvalue weighted by molar-refractivity contribution is 14.0. The van der Waals surface area contributed by atoms with Gasteiger partial charge >= 0.3 is 0 Å². The first kappa shape index (κ1) is 28.5. The summed E-state index contributed by atoms with van der Waals surface area (Å²) in [6.45, 7) is 7.67. The fraction of sp³-hybridized carbons (Fsp3) is 0.458. The Kier molecular flexibility index (Phi) is 12.6. The Morgan fingerprint density at radius 1 is 0.879 bits per heavy atom. The minimum Gasteiger partial charge on any atom is -0.493 e. The molecule has 2 rings (SSSR count). The van der Waals surface area contributed by atoms with Gasteiger partial charge in [0.25, 0.3) is 0 Å². The molecule has 0 saturated heterocycles. The van der Waals surface area contributed by atoms with E-state index in [9.17, 15) is 0 Å². The minimum absolute atomic E-state index is 0. The topological polar surface area (TPSA) is 82.6 Å². The van der Waals surface area contributed by atoms with Gasteiger partial charge in [0, 0.05) is 13.6 Å². The van der Waals surface area contributed by atoms with E-state index in [1.807, 2.05) is 44.2 Å². The van der Waals surface area contributed by atoms with E-state index in [1.165, 1.54) is 0 Å². The van der Waals surface area contributed by atoms with Crippen LogP contribution in [0.1, 0.15) is 37.9 Å². The van der Waals surface area contributed by atoms with E-state index >= 15 is 0 Å². The van der Waals surface area contributed by atoms with Crippen molar-refractivity contribution in [2.45, 2.75) is 33.4 Å². The average Bonchev–Trinajstić information content (AvgIpc) is 2.82. The van der Waals surface area contributed by atoms with E-state index in [0.717, 1.165) is 22.6 Å². The van der Waals surface area contributed by atoms with Crippen molar-refractivity contribution in [1.29, 1.82) is 0 Å². The second kappa shape index (κ2) is 14.6. The van der Waals surface area contributed by atoms with Gasteiger partial charge in [-0.05, 0) is 56.2 Å². The third-order valence-electron chi connectivity index (χ3n) is 4.83. The van der Waals surface area contributed by atoms with Crippen LogP contribution in [0.4, 0.5) is 0 Å². The number of guanidine groups is 1. The van der Waals surface area contributed by atoms with E-state index in [2.05, 4.69) is 22.5 Å². The lowest BCUT2D eigenvalue weighted by molar-refractivity contribution is 0.287. The third kappa shape index (κ3) is 7.76. The van der Waals surface area contributed by atoms with Crippen molar-refractivity contribution in [1.82, 2.24) is 10.6 Å². The zero-order chi connectivity index (χ0) is 23.5. The van der Waals surface area contributed by atoms with Gasteiger partial charge in [0.15, 0.2) is 29.0 Å². The van der Waals surface area contributed by atoms with Crippen LogP contribution in [0.3, 0.4) is 0 Å². The normalized spacial score (nSPS) is 11.7. The Hall–Kier alpha value is -2.56. The van der Waals surface area contributed by atoms with E-state index in [-0.39, 0.29) is 30.0 Å². The summed E-state index contributed by atoms with van der Waals surface area (Å²) >= 11 is 0. The number of methoxy groups -OCH3 is 3. The van der Waals surface area contributed by atoms with Gasteiger partial charge in [0.1, 0.15) is 0 Å². The van der Waals surface area contributed by atoms with Crippen LogP contribution in [0.15, 0.2) is 35.3 Å². The standard InChI is InChI=1S/C24H35N3O5.HI/c1-8-31-19-11-10-18(14-20(19)32-9-2)16(3)27-24(25-4)26-15-17-12-21(28-5)23(30-7)22(13-17)29-6;/h10-14,16H,8-9,15H2,1-7H3,(H2,25,26,27);1H. The number of nitrogens with one attached hydrogen (secondary N) is 2. The number of hydrogen-bond acceptors (Lipinski definition) is 6. The molecule has 0 bridgehead atoms. The molecule has 1 atom stereocenters. The monoisotopic (exact) mass is 573 g/mol. The number of aliphatic imine (C=N–C) groups is 1. The molecule has 0 radical (unpaired) electrons. The zero-order valence-corrected chi connectivity index (χ0v) is 22.8. The van der Waals surface area contributed by atoms with Gasteiger partial charge in [-0.25, -0.2) is 0 Å². The fourth-order valence-electron chi connectivity index (χ4n) is 3.24. The largest absolute Gasteiger partial charge is 0.493 e. The highest BCUT2D eigenvalue weighted by Gasteiger charge is 2.15. The first-order valence-corrected chi connectivity index (χ1v) is 10.7. The Morgan fingerprint density at radius 3 is 2.00 bits per heavy atom. The van der Waals surface area contributed by atoms with Gasteiger partial charge in [0.2, 0.25) is 5.75 Å². The number of benzene rings is 2. The van der Waals surface area contributed by atoms with Gasteiger partial charge in [-0.2, -0.15) is 0 Å². The maximum absolute atomic E-state index is 5.75. The summed E-state index contributed by atoms with van der Waals surface area (Å²) in [5.74, 6) is 3.93.